The number of halogens is 3. The summed E-state index contributed by atoms with van der Waals surface area (Å²) in [5.41, 5.74) is 1.18. The third-order valence-electron chi connectivity index (χ3n) is 2.58. The zero-order chi connectivity index (χ0) is 10.9. The van der Waals surface area contributed by atoms with E-state index in [9.17, 15) is 13.2 Å². The summed E-state index contributed by atoms with van der Waals surface area (Å²) in [6, 6.07) is 3.97. The van der Waals surface area contributed by atoms with E-state index in [1.165, 1.54) is 6.07 Å². The van der Waals surface area contributed by atoms with Crippen molar-refractivity contribution in [3.8, 4) is 0 Å². The molecule has 0 fully saturated rings. The maximum atomic E-state index is 12.4. The molecular weight excluding hydrogens is 201 g/mol. The fourth-order valence-electron chi connectivity index (χ4n) is 1.78. The Labute approximate surface area is 86.4 Å². The van der Waals surface area contributed by atoms with Crippen molar-refractivity contribution < 1.29 is 13.2 Å². The summed E-state index contributed by atoms with van der Waals surface area (Å²) < 4.78 is 37.3. The van der Waals surface area contributed by atoms with Crippen LogP contribution in [0.3, 0.4) is 0 Å². The molecule has 0 radical (unpaired) electrons. The molecule has 0 unspecified atom stereocenters. The van der Waals surface area contributed by atoms with Crippen LogP contribution in [0.1, 0.15) is 29.5 Å². The van der Waals surface area contributed by atoms with Gasteiger partial charge in [-0.1, -0.05) is 18.2 Å². The molecular formula is C12H11F3. The normalized spacial score (nSPS) is 15.9. The predicted octanol–water partition coefficient (Wildman–Crippen LogP) is 4.05. The van der Waals surface area contributed by atoms with Crippen LogP contribution in [0.2, 0.25) is 0 Å². The van der Waals surface area contributed by atoms with Crippen molar-refractivity contribution in [3.63, 3.8) is 0 Å². The van der Waals surface area contributed by atoms with E-state index < -0.39 is 11.7 Å². The van der Waals surface area contributed by atoms with Gasteiger partial charge in [-0.2, -0.15) is 13.2 Å². The monoisotopic (exact) mass is 212 g/mol. The van der Waals surface area contributed by atoms with E-state index in [-0.39, 0.29) is 0 Å². The quantitative estimate of drug-likeness (QED) is 0.608. The maximum Gasteiger partial charge on any atom is 0.416 e. The molecule has 0 amide bonds. The van der Waals surface area contributed by atoms with Gasteiger partial charge in [-0.05, 0) is 42.5 Å². The summed E-state index contributed by atoms with van der Waals surface area (Å²) in [4.78, 5) is 0. The molecule has 15 heavy (non-hydrogen) atoms. The van der Waals surface area contributed by atoms with Crippen LogP contribution in [-0.4, -0.2) is 0 Å². The molecule has 1 aromatic carbocycles. The Kier molecular flexibility index (Phi) is 2.55. The first-order valence-corrected chi connectivity index (χ1v) is 4.94. The SMILES string of the molecule is FC(F)(F)c1ccc2c(c1)CCCC=C2. The molecule has 0 atom stereocenters. The van der Waals surface area contributed by atoms with Crippen molar-refractivity contribution in [1.82, 2.24) is 0 Å². The molecule has 0 nitrogen and oxygen atoms in total. The molecule has 3 heteroatoms. The zero-order valence-corrected chi connectivity index (χ0v) is 8.14. The van der Waals surface area contributed by atoms with Gasteiger partial charge < -0.3 is 0 Å². The van der Waals surface area contributed by atoms with Gasteiger partial charge in [-0.25, -0.2) is 0 Å². The molecule has 1 aliphatic carbocycles. The first-order valence-electron chi connectivity index (χ1n) is 4.94. The third-order valence-corrected chi connectivity index (χ3v) is 2.58. The summed E-state index contributed by atoms with van der Waals surface area (Å²) in [6.45, 7) is 0. The van der Waals surface area contributed by atoms with Crippen LogP contribution in [0, 0.1) is 0 Å². The number of allylic oxidation sites excluding steroid dienone is 1. The number of aryl methyl sites for hydroxylation is 1. The van der Waals surface area contributed by atoms with Gasteiger partial charge in [0, 0.05) is 0 Å². The molecule has 80 valence electrons. The van der Waals surface area contributed by atoms with Gasteiger partial charge in [0.05, 0.1) is 5.56 Å². The van der Waals surface area contributed by atoms with Crippen LogP contribution in [0.15, 0.2) is 24.3 Å². The molecule has 1 aromatic rings. The van der Waals surface area contributed by atoms with Crippen LogP contribution in [0.5, 0.6) is 0 Å². The van der Waals surface area contributed by atoms with Crippen LogP contribution in [0.25, 0.3) is 6.08 Å². The Bertz CT molecular complexity index is 388. The lowest BCUT2D eigenvalue weighted by atomic mass is 10.0. The highest BCUT2D eigenvalue weighted by Gasteiger charge is 2.30. The summed E-state index contributed by atoms with van der Waals surface area (Å²) >= 11 is 0. The molecule has 0 N–H and O–H groups in total. The Morgan fingerprint density at radius 2 is 1.93 bits per heavy atom. The highest BCUT2D eigenvalue weighted by Crippen LogP contribution is 2.31. The van der Waals surface area contributed by atoms with Gasteiger partial charge in [-0.3, -0.25) is 0 Å². The van der Waals surface area contributed by atoms with E-state index in [4.69, 9.17) is 0 Å². The van der Waals surface area contributed by atoms with E-state index in [0.717, 1.165) is 36.5 Å². The van der Waals surface area contributed by atoms with Crippen LogP contribution >= 0.6 is 0 Å². The standard InChI is InChI=1S/C12H11F3/c13-12(14,15)11-7-6-9-4-2-1-3-5-10(9)8-11/h2,4,6-8H,1,3,5H2. The highest BCUT2D eigenvalue weighted by atomic mass is 19.4. The van der Waals surface area contributed by atoms with Crippen molar-refractivity contribution in [3.05, 3.63) is 41.0 Å². The summed E-state index contributed by atoms with van der Waals surface area (Å²) in [5.74, 6) is 0. The van der Waals surface area contributed by atoms with Crippen LogP contribution < -0.4 is 0 Å². The average Bonchev–Trinajstić information content (AvgIpc) is 2.39. The van der Waals surface area contributed by atoms with Gasteiger partial charge in [0.2, 0.25) is 0 Å². The topological polar surface area (TPSA) is 0 Å². The van der Waals surface area contributed by atoms with Gasteiger partial charge in [0.1, 0.15) is 0 Å². The number of hydrogen-bond donors (Lipinski definition) is 0. The molecule has 0 bridgehead atoms. The fraction of sp³-hybridized carbons (Fsp3) is 0.333. The molecule has 0 saturated carbocycles. The molecule has 0 aromatic heterocycles. The van der Waals surface area contributed by atoms with Gasteiger partial charge >= 0.3 is 6.18 Å². The molecule has 1 aliphatic rings. The van der Waals surface area contributed by atoms with E-state index in [0.29, 0.717) is 0 Å². The molecule has 0 aliphatic heterocycles. The van der Waals surface area contributed by atoms with E-state index in [2.05, 4.69) is 0 Å². The predicted molar refractivity (Wildman–Crippen MR) is 53.4 cm³/mol. The fourth-order valence-corrected chi connectivity index (χ4v) is 1.78. The van der Waals surface area contributed by atoms with E-state index in [1.807, 2.05) is 12.2 Å². The number of fused-ring (bicyclic) bond motifs is 1. The van der Waals surface area contributed by atoms with Crippen LogP contribution in [0.4, 0.5) is 13.2 Å². The average molecular weight is 212 g/mol. The first-order chi connectivity index (χ1) is 7.07. The summed E-state index contributed by atoms with van der Waals surface area (Å²) in [5, 5.41) is 0. The molecule has 2 rings (SSSR count). The minimum Gasteiger partial charge on any atom is -0.166 e. The maximum absolute atomic E-state index is 12.4. The summed E-state index contributed by atoms with van der Waals surface area (Å²) in [6.07, 6.45) is 2.28. The second kappa shape index (κ2) is 3.72. The number of rotatable bonds is 0. The lowest BCUT2D eigenvalue weighted by molar-refractivity contribution is -0.137. The highest BCUT2D eigenvalue weighted by molar-refractivity contribution is 5.55. The third kappa shape index (κ3) is 2.22. The Morgan fingerprint density at radius 1 is 1.13 bits per heavy atom. The van der Waals surface area contributed by atoms with E-state index in [1.54, 1.807) is 6.07 Å². The minimum atomic E-state index is -4.23. The molecule has 0 saturated heterocycles. The second-order valence-electron chi connectivity index (χ2n) is 3.71. The van der Waals surface area contributed by atoms with Crippen molar-refractivity contribution in [1.29, 1.82) is 0 Å². The van der Waals surface area contributed by atoms with Crippen molar-refractivity contribution in [2.75, 3.05) is 0 Å². The number of hydrogen-bond acceptors (Lipinski definition) is 0. The number of benzene rings is 1. The lowest BCUT2D eigenvalue weighted by Crippen LogP contribution is -2.06. The Hall–Kier alpha value is -1.25. The van der Waals surface area contributed by atoms with Gasteiger partial charge in [-0.15, -0.1) is 0 Å². The van der Waals surface area contributed by atoms with Gasteiger partial charge in [0.25, 0.3) is 0 Å². The van der Waals surface area contributed by atoms with E-state index >= 15 is 0 Å². The smallest absolute Gasteiger partial charge is 0.166 e. The Morgan fingerprint density at radius 3 is 2.67 bits per heavy atom. The molecule has 0 heterocycles. The first kappa shape index (κ1) is 10.3. The Balaban J connectivity index is 2.42. The number of alkyl halides is 3. The van der Waals surface area contributed by atoms with Crippen molar-refractivity contribution >= 4 is 6.08 Å². The summed E-state index contributed by atoms with van der Waals surface area (Å²) in [7, 11) is 0. The minimum absolute atomic E-state index is 0.545. The van der Waals surface area contributed by atoms with Crippen molar-refractivity contribution in [2.24, 2.45) is 0 Å². The molecule has 0 spiro atoms. The van der Waals surface area contributed by atoms with Crippen molar-refractivity contribution in [2.45, 2.75) is 25.4 Å². The largest absolute Gasteiger partial charge is 0.416 e. The second-order valence-corrected chi connectivity index (χ2v) is 3.71. The lowest BCUT2D eigenvalue weighted by Gasteiger charge is -2.10. The van der Waals surface area contributed by atoms with Crippen LogP contribution in [-0.2, 0) is 12.6 Å². The van der Waals surface area contributed by atoms with Gasteiger partial charge in [0.15, 0.2) is 0 Å². The zero-order valence-electron chi connectivity index (χ0n) is 8.14.